The largest absolute Gasteiger partial charge is 0.469 e. The maximum atomic E-state index is 11.8. The maximum absolute atomic E-state index is 11.8. The minimum Gasteiger partial charge on any atom is -0.469 e. The molecule has 1 unspecified atom stereocenters. The number of methoxy groups -OCH3 is 1. The predicted octanol–water partition coefficient (Wildman–Crippen LogP) is 3.33. The fraction of sp³-hybridized carbons (Fsp3) is 0.650. The fourth-order valence-electron chi connectivity index (χ4n) is 4.01. The summed E-state index contributed by atoms with van der Waals surface area (Å²) in [6.45, 7) is 4.75. The van der Waals surface area contributed by atoms with Crippen LogP contribution >= 0.6 is 0 Å². The van der Waals surface area contributed by atoms with Crippen LogP contribution < -0.4 is 10.6 Å². The molecule has 25 heavy (non-hydrogen) atoms. The highest BCUT2D eigenvalue weighted by Crippen LogP contribution is 2.45. The van der Waals surface area contributed by atoms with Crippen LogP contribution in [0.15, 0.2) is 18.2 Å². The van der Waals surface area contributed by atoms with E-state index in [9.17, 15) is 4.79 Å². The van der Waals surface area contributed by atoms with Crippen molar-refractivity contribution in [1.29, 1.82) is 0 Å². The molecule has 5 heteroatoms. The zero-order valence-electron chi connectivity index (χ0n) is 15.4. The summed E-state index contributed by atoms with van der Waals surface area (Å²) in [5.74, 6) is 0.668. The molecule has 1 saturated heterocycles. The van der Waals surface area contributed by atoms with Crippen LogP contribution in [0.25, 0.3) is 0 Å². The number of ether oxygens (including phenoxy) is 2. The van der Waals surface area contributed by atoms with Crippen molar-refractivity contribution in [3.05, 3.63) is 23.8 Å². The van der Waals surface area contributed by atoms with E-state index in [0.29, 0.717) is 18.4 Å². The first-order valence-electron chi connectivity index (χ1n) is 9.44. The van der Waals surface area contributed by atoms with Gasteiger partial charge >= 0.3 is 5.97 Å². The molecule has 138 valence electrons. The number of esters is 1. The van der Waals surface area contributed by atoms with Crippen LogP contribution in [0.3, 0.4) is 0 Å². The average molecular weight is 346 g/mol. The van der Waals surface area contributed by atoms with Gasteiger partial charge in [-0.05, 0) is 62.1 Å². The molecule has 1 saturated carbocycles. The van der Waals surface area contributed by atoms with Crippen LogP contribution in [0.5, 0.6) is 0 Å². The Bertz CT molecular complexity index is 595. The van der Waals surface area contributed by atoms with E-state index in [-0.39, 0.29) is 11.9 Å². The average Bonchev–Trinajstić information content (AvgIpc) is 3.47. The summed E-state index contributed by atoms with van der Waals surface area (Å²) in [4.78, 5) is 14.2. The first kappa shape index (κ1) is 18.1. The van der Waals surface area contributed by atoms with E-state index in [1.807, 2.05) is 0 Å². The van der Waals surface area contributed by atoms with E-state index in [1.165, 1.54) is 20.0 Å². The van der Waals surface area contributed by atoms with Crippen LogP contribution in [0.2, 0.25) is 0 Å². The normalized spacial score (nSPS) is 19.4. The van der Waals surface area contributed by atoms with Gasteiger partial charge in [-0.2, -0.15) is 0 Å². The summed E-state index contributed by atoms with van der Waals surface area (Å²) >= 11 is 0. The number of anilines is 2. The molecule has 1 aromatic carbocycles. The van der Waals surface area contributed by atoms with Gasteiger partial charge < -0.3 is 20.1 Å². The molecule has 5 nitrogen and oxygen atoms in total. The zero-order chi connectivity index (χ0) is 17.8. The third-order valence-corrected chi connectivity index (χ3v) is 5.57. The number of carbonyl (C=O) groups is 1. The molecule has 1 atom stereocenters. The Morgan fingerprint density at radius 3 is 2.60 bits per heavy atom. The molecule has 1 aromatic rings. The highest BCUT2D eigenvalue weighted by Gasteiger charge is 2.34. The number of carbonyl (C=O) groups excluding carboxylic acids is 1. The number of nitrogen functional groups attached to an aromatic ring is 1. The molecule has 3 rings (SSSR count). The molecule has 0 spiro atoms. The van der Waals surface area contributed by atoms with Crippen molar-refractivity contribution >= 4 is 17.3 Å². The Labute approximate surface area is 150 Å². The van der Waals surface area contributed by atoms with Gasteiger partial charge in [-0.3, -0.25) is 4.79 Å². The summed E-state index contributed by atoms with van der Waals surface area (Å²) < 4.78 is 10.4. The van der Waals surface area contributed by atoms with Crippen LogP contribution in [0.4, 0.5) is 11.4 Å². The Morgan fingerprint density at radius 2 is 2.04 bits per heavy atom. The van der Waals surface area contributed by atoms with Gasteiger partial charge in [0.25, 0.3) is 0 Å². The van der Waals surface area contributed by atoms with Gasteiger partial charge in [0, 0.05) is 25.8 Å². The lowest BCUT2D eigenvalue weighted by Gasteiger charge is -2.36. The predicted molar refractivity (Wildman–Crippen MR) is 99.8 cm³/mol. The molecule has 1 aliphatic heterocycles. The third kappa shape index (κ3) is 4.27. The molecule has 1 heterocycles. The van der Waals surface area contributed by atoms with Gasteiger partial charge in [-0.1, -0.05) is 6.07 Å². The van der Waals surface area contributed by atoms with Crippen molar-refractivity contribution in [2.45, 2.75) is 51.0 Å². The minimum atomic E-state index is -0.142. The Morgan fingerprint density at radius 1 is 1.32 bits per heavy atom. The highest BCUT2D eigenvalue weighted by atomic mass is 16.5. The number of hydrogen-bond donors (Lipinski definition) is 1. The lowest BCUT2D eigenvalue weighted by molar-refractivity contribution is -0.141. The Hall–Kier alpha value is -1.75. The van der Waals surface area contributed by atoms with Gasteiger partial charge in [0.1, 0.15) is 0 Å². The van der Waals surface area contributed by atoms with E-state index in [4.69, 9.17) is 15.2 Å². The van der Waals surface area contributed by atoms with E-state index in [2.05, 4.69) is 30.0 Å². The van der Waals surface area contributed by atoms with Gasteiger partial charge in [-0.25, -0.2) is 0 Å². The monoisotopic (exact) mass is 346 g/mol. The topological polar surface area (TPSA) is 64.8 Å². The van der Waals surface area contributed by atoms with Gasteiger partial charge in [0.05, 0.1) is 24.9 Å². The standard InChI is InChI=1S/C20H30N2O3/c1-3-22(16-8-10-25-11-9-16)19-7-6-15(12-18(19)21)17(14-4-5-14)13-20(23)24-2/h6-7,12,14,16-17H,3-5,8-11,13,21H2,1-2H3. The minimum absolute atomic E-state index is 0.142. The molecule has 2 N–H and O–H groups in total. The van der Waals surface area contributed by atoms with Crippen LogP contribution in [-0.4, -0.2) is 38.9 Å². The molecular formula is C20H30N2O3. The third-order valence-electron chi connectivity index (χ3n) is 5.57. The highest BCUT2D eigenvalue weighted by molar-refractivity contribution is 5.72. The number of hydrogen-bond acceptors (Lipinski definition) is 5. The molecule has 0 amide bonds. The number of benzene rings is 1. The molecule has 0 radical (unpaired) electrons. The van der Waals surface area contributed by atoms with Crippen LogP contribution in [0.1, 0.15) is 50.5 Å². The zero-order valence-corrected chi connectivity index (χ0v) is 15.4. The number of rotatable bonds is 7. The van der Waals surface area contributed by atoms with E-state index >= 15 is 0 Å². The van der Waals surface area contributed by atoms with Crippen molar-refractivity contribution < 1.29 is 14.3 Å². The second kappa shape index (κ2) is 8.09. The van der Waals surface area contributed by atoms with Crippen molar-refractivity contribution in [1.82, 2.24) is 0 Å². The summed E-state index contributed by atoms with van der Waals surface area (Å²) in [6.07, 6.45) is 4.90. The summed E-state index contributed by atoms with van der Waals surface area (Å²) in [6, 6.07) is 6.85. The Kier molecular flexibility index (Phi) is 5.84. The van der Waals surface area contributed by atoms with Gasteiger partial charge in [0.15, 0.2) is 0 Å². The quantitative estimate of drug-likeness (QED) is 0.606. The van der Waals surface area contributed by atoms with Gasteiger partial charge in [-0.15, -0.1) is 0 Å². The molecule has 1 aliphatic carbocycles. The summed E-state index contributed by atoms with van der Waals surface area (Å²) in [7, 11) is 1.46. The lowest BCUT2D eigenvalue weighted by Crippen LogP contribution is -2.39. The lowest BCUT2D eigenvalue weighted by atomic mass is 9.90. The maximum Gasteiger partial charge on any atom is 0.306 e. The number of nitrogens with zero attached hydrogens (tertiary/aromatic N) is 1. The smallest absolute Gasteiger partial charge is 0.306 e. The fourth-order valence-corrected chi connectivity index (χ4v) is 4.01. The first-order chi connectivity index (χ1) is 12.1. The Balaban J connectivity index is 1.80. The van der Waals surface area contributed by atoms with Crippen molar-refractivity contribution in [3.63, 3.8) is 0 Å². The van der Waals surface area contributed by atoms with Crippen molar-refractivity contribution in [2.75, 3.05) is 37.5 Å². The SMILES string of the molecule is CCN(c1ccc(C(CC(=O)OC)C2CC2)cc1N)C1CCOCC1. The van der Waals surface area contributed by atoms with Crippen molar-refractivity contribution in [2.24, 2.45) is 5.92 Å². The second-order valence-corrected chi connectivity index (χ2v) is 7.17. The van der Waals surface area contributed by atoms with E-state index in [0.717, 1.165) is 49.5 Å². The van der Waals surface area contributed by atoms with Crippen LogP contribution in [-0.2, 0) is 14.3 Å². The van der Waals surface area contributed by atoms with Gasteiger partial charge in [0.2, 0.25) is 0 Å². The molecule has 2 fully saturated rings. The second-order valence-electron chi connectivity index (χ2n) is 7.17. The van der Waals surface area contributed by atoms with E-state index < -0.39 is 0 Å². The van der Waals surface area contributed by atoms with Crippen LogP contribution in [0, 0.1) is 5.92 Å². The number of nitrogens with two attached hydrogens (primary N) is 1. The van der Waals surface area contributed by atoms with Crippen molar-refractivity contribution in [3.8, 4) is 0 Å². The molecule has 2 aliphatic rings. The molecular weight excluding hydrogens is 316 g/mol. The summed E-state index contributed by atoms with van der Waals surface area (Å²) in [5.41, 5.74) is 9.51. The first-order valence-corrected chi connectivity index (χ1v) is 9.44. The summed E-state index contributed by atoms with van der Waals surface area (Å²) in [5, 5.41) is 0. The molecule has 0 bridgehead atoms. The molecule has 0 aromatic heterocycles. The van der Waals surface area contributed by atoms with E-state index in [1.54, 1.807) is 0 Å².